The van der Waals surface area contributed by atoms with Crippen molar-refractivity contribution in [2.75, 3.05) is 20.3 Å². The van der Waals surface area contributed by atoms with Gasteiger partial charge in [-0.25, -0.2) is 0 Å². The van der Waals surface area contributed by atoms with Crippen molar-refractivity contribution in [1.82, 2.24) is 30.0 Å². The Balaban J connectivity index is 0.000000185. The van der Waals surface area contributed by atoms with Gasteiger partial charge in [-0.2, -0.15) is 0 Å². The molecule has 0 bridgehead atoms. The van der Waals surface area contributed by atoms with Crippen LogP contribution in [-0.4, -0.2) is 86.0 Å². The Bertz CT molecular complexity index is 2240. The minimum absolute atomic E-state index is 0. The number of carbonyl (C=O) groups excluding carboxylic acids is 5. The van der Waals surface area contributed by atoms with E-state index in [1.54, 1.807) is 7.11 Å². The highest BCUT2D eigenvalue weighted by atomic mass is 35.5. The van der Waals surface area contributed by atoms with Gasteiger partial charge in [0, 0.05) is 88.8 Å². The fourth-order valence-corrected chi connectivity index (χ4v) is 15.9. The monoisotopic (exact) mass is 1050 g/mol. The lowest BCUT2D eigenvalue weighted by Gasteiger charge is -2.59. The van der Waals surface area contributed by atoms with Gasteiger partial charge in [0.05, 0.1) is 17.1 Å². The largest absolute Gasteiger partial charge is 1.00 e. The highest BCUT2D eigenvalue weighted by molar-refractivity contribution is 5.88. The van der Waals surface area contributed by atoms with Crippen molar-refractivity contribution in [3.05, 3.63) is 23.8 Å². The second-order valence-corrected chi connectivity index (χ2v) is 23.8. The maximum absolute atomic E-state index is 12.6. The molecule has 414 valence electrons. The van der Waals surface area contributed by atoms with Crippen molar-refractivity contribution in [2.45, 2.75) is 195 Å². The fraction of sp³-hybridized carbons (Fsp3) is 0.818. The SMILES string of the molecule is COCCCCn1cc(CN)nn1.C[C@]12CCC(=NOCCCCn3cc(CN)nn3)CC1CCC1C2CC[C@]2(C)C(=O)CCC12.C[C@]12CCC(=O)CC1CCC1C2CC[C@]2(C)C(=O)CCC12.O=COC(=O)[O-].[Cl-]. The van der Waals surface area contributed by atoms with E-state index in [0.717, 1.165) is 157 Å². The molecule has 2 aromatic heterocycles. The first-order valence-corrected chi connectivity index (χ1v) is 27.8. The molecule has 0 aromatic carbocycles. The number of ether oxygens (including phenoxy) is 2. The first-order valence-electron chi connectivity index (χ1n) is 27.8. The molecular weight excluding hydrogens is 966 g/mol. The molecule has 10 rings (SSSR count). The molecule has 18 nitrogen and oxygen atoms in total. The summed E-state index contributed by atoms with van der Waals surface area (Å²) >= 11 is 0. The van der Waals surface area contributed by atoms with Crippen LogP contribution < -0.4 is 29.0 Å². The van der Waals surface area contributed by atoms with Gasteiger partial charge in [0.25, 0.3) is 6.16 Å². The number of unbranched alkanes of at least 4 members (excludes halogenated alkanes) is 2. The smallest absolute Gasteiger partial charge is 0.258 e. The molecule has 0 spiro atoms. The van der Waals surface area contributed by atoms with E-state index in [1.807, 2.05) is 21.8 Å². The van der Waals surface area contributed by atoms with Crippen molar-refractivity contribution in [2.24, 2.45) is 85.6 Å². The number of aromatic nitrogens is 6. The number of ketones is 3. The summed E-state index contributed by atoms with van der Waals surface area (Å²) < 4.78 is 11.8. The number of carbonyl (C=O) groups is 5. The van der Waals surface area contributed by atoms with E-state index >= 15 is 0 Å². The van der Waals surface area contributed by atoms with Crippen LogP contribution in [0.1, 0.15) is 180 Å². The molecule has 0 radical (unpaired) electrons. The van der Waals surface area contributed by atoms with Gasteiger partial charge in [0.15, 0.2) is 0 Å². The molecule has 8 saturated carbocycles. The third-order valence-corrected chi connectivity index (χ3v) is 20.2. The number of rotatable bonds is 14. The summed E-state index contributed by atoms with van der Waals surface area (Å²) in [6.45, 7) is 13.4. The molecule has 74 heavy (non-hydrogen) atoms. The number of nitrogens with two attached hydrogens (primary N) is 2. The van der Waals surface area contributed by atoms with Crippen LogP contribution in [0, 0.1) is 69.0 Å². The second kappa shape index (κ2) is 26.3. The van der Waals surface area contributed by atoms with E-state index in [9.17, 15) is 14.4 Å². The van der Waals surface area contributed by atoms with E-state index in [2.05, 4.69) is 58.2 Å². The zero-order chi connectivity index (χ0) is 52.4. The third-order valence-electron chi connectivity index (χ3n) is 20.2. The summed E-state index contributed by atoms with van der Waals surface area (Å²) in [5.41, 5.74) is 14.7. The third kappa shape index (κ3) is 13.2. The molecule has 0 saturated heterocycles. The second-order valence-electron chi connectivity index (χ2n) is 23.8. The predicted octanol–water partition coefficient (Wildman–Crippen LogP) is 4.34. The Morgan fingerprint density at radius 2 is 1.19 bits per heavy atom. The van der Waals surface area contributed by atoms with E-state index in [-0.39, 0.29) is 29.7 Å². The van der Waals surface area contributed by atoms with E-state index in [4.69, 9.17) is 35.7 Å². The van der Waals surface area contributed by atoms with Crippen molar-refractivity contribution in [1.29, 1.82) is 0 Å². The molecule has 8 unspecified atom stereocenters. The van der Waals surface area contributed by atoms with Crippen molar-refractivity contribution >= 4 is 35.7 Å². The lowest BCUT2D eigenvalue weighted by Crippen LogP contribution is -3.00. The van der Waals surface area contributed by atoms with Crippen LogP contribution in [0.3, 0.4) is 0 Å². The molecule has 2 aromatic rings. The molecule has 0 amide bonds. The summed E-state index contributed by atoms with van der Waals surface area (Å²) in [6, 6.07) is 0. The highest BCUT2D eigenvalue weighted by Gasteiger charge is 2.61. The minimum Gasteiger partial charge on any atom is -1.00 e. The van der Waals surface area contributed by atoms with Crippen LogP contribution in [0.15, 0.2) is 17.5 Å². The standard InChI is InChI=1S/C26H41N5O2.C19H28O2.C8H16N4O.C2H2O4.ClH/c1-25-11-9-19(29-33-14-4-3-13-31-17-20(16-27)28-30-31)15-18(25)5-6-21-22-7-8-24(32)26(22,2)12-10-23(21)25;1-18-9-7-13(20)11-12(18)3-4-14-15-5-6-17(21)19(15,2)10-8-16(14)18;1-13-5-3-2-4-12-7-8(6-9)10-11-12;3-1-6-2(4)5;/h17-18,21-23H,3-16,27H2,1-2H3;12,14-16H,3-11H2,1-2H3;7H,2-6,9H2,1H3;1H,(H,4,5);1H/p-2/t18?,21?,22?,23?,25-,26-;12?,14?,15?,16?,18-,19-;;;/m00.../s1. The van der Waals surface area contributed by atoms with Gasteiger partial charge < -0.3 is 48.1 Å². The topological polar surface area (TPSA) is 262 Å². The van der Waals surface area contributed by atoms with Crippen LogP contribution in [0.4, 0.5) is 4.79 Å². The molecular formula is C55H86ClN9O9-2. The van der Waals surface area contributed by atoms with Gasteiger partial charge in [0.1, 0.15) is 24.0 Å². The summed E-state index contributed by atoms with van der Waals surface area (Å²) in [6.07, 6.45) is 25.9. The number of methoxy groups -OCH3 is 1. The Hall–Kier alpha value is -4.13. The average molecular weight is 1050 g/mol. The number of aryl methyl sites for hydroxylation is 2. The number of carboxylic acid groups (broad SMARTS) is 1. The molecule has 12 atom stereocenters. The van der Waals surface area contributed by atoms with Crippen molar-refractivity contribution in [3.63, 3.8) is 0 Å². The van der Waals surface area contributed by atoms with Gasteiger partial charge in [-0.3, -0.25) is 28.5 Å². The first-order chi connectivity index (χ1) is 35.0. The summed E-state index contributed by atoms with van der Waals surface area (Å²) in [7, 11) is 1.71. The lowest BCUT2D eigenvalue weighted by atomic mass is 9.45. The van der Waals surface area contributed by atoms with Crippen molar-refractivity contribution < 1.29 is 55.8 Å². The van der Waals surface area contributed by atoms with Gasteiger partial charge >= 0.3 is 0 Å². The Kier molecular flexibility index (Phi) is 21.0. The average Bonchev–Trinajstić information content (AvgIpc) is 4.18. The number of Topliss-reactive ketones (excluding diaryl/α,β-unsaturated/α-hetero) is 3. The molecule has 8 aliphatic rings. The molecule has 0 aliphatic heterocycles. The summed E-state index contributed by atoms with van der Waals surface area (Å²) in [4.78, 5) is 60.6. The highest BCUT2D eigenvalue weighted by Crippen LogP contribution is 2.67. The van der Waals surface area contributed by atoms with E-state index in [0.29, 0.717) is 65.6 Å². The van der Waals surface area contributed by atoms with Crippen LogP contribution in [0.5, 0.6) is 0 Å². The molecule has 8 fully saturated rings. The predicted molar refractivity (Wildman–Crippen MR) is 271 cm³/mol. The normalized spacial score (nSPS) is 35.0. The Labute approximate surface area is 444 Å². The van der Waals surface area contributed by atoms with Crippen LogP contribution in [-0.2, 0) is 59.7 Å². The van der Waals surface area contributed by atoms with Gasteiger partial charge in [-0.15, -0.1) is 10.2 Å². The number of oxime groups is 1. The molecule has 8 aliphatic carbocycles. The quantitative estimate of drug-likeness (QED) is 0.0877. The molecule has 2 heterocycles. The summed E-state index contributed by atoms with van der Waals surface area (Å²) in [5, 5.41) is 29.5. The minimum atomic E-state index is -1.83. The molecule has 19 heteroatoms. The summed E-state index contributed by atoms with van der Waals surface area (Å²) in [5.74, 6) is 7.29. The van der Waals surface area contributed by atoms with Crippen LogP contribution in [0.2, 0.25) is 0 Å². The van der Waals surface area contributed by atoms with Crippen LogP contribution in [0.25, 0.3) is 0 Å². The number of halogens is 1. The number of nitrogens with zero attached hydrogens (tertiary/aromatic N) is 7. The zero-order valence-corrected chi connectivity index (χ0v) is 45.7. The first kappa shape index (κ1) is 59.1. The van der Waals surface area contributed by atoms with Crippen LogP contribution >= 0.6 is 0 Å². The maximum Gasteiger partial charge on any atom is 0.258 e. The van der Waals surface area contributed by atoms with E-state index < -0.39 is 6.16 Å². The van der Waals surface area contributed by atoms with Gasteiger partial charge in [-0.1, -0.05) is 43.3 Å². The molecule has 4 N–H and O–H groups in total. The lowest BCUT2D eigenvalue weighted by molar-refractivity contribution is -0.276. The van der Waals surface area contributed by atoms with Crippen molar-refractivity contribution in [3.8, 4) is 0 Å². The van der Waals surface area contributed by atoms with Gasteiger partial charge in [0.2, 0.25) is 6.47 Å². The number of hydrogen-bond donors (Lipinski definition) is 2. The zero-order valence-electron chi connectivity index (χ0n) is 45.0. The number of hydrogen-bond acceptors (Lipinski definition) is 16. The maximum atomic E-state index is 12.6. The van der Waals surface area contributed by atoms with E-state index in [1.165, 1.54) is 50.7 Å². The Morgan fingerprint density at radius 3 is 1.65 bits per heavy atom. The van der Waals surface area contributed by atoms with Gasteiger partial charge in [-0.05, 0) is 174 Å². The fourth-order valence-electron chi connectivity index (χ4n) is 15.9. The number of fused-ring (bicyclic) bond motifs is 10. The Morgan fingerprint density at radius 1 is 0.689 bits per heavy atom.